The van der Waals surface area contributed by atoms with Crippen molar-refractivity contribution in [3.63, 3.8) is 0 Å². The molecule has 1 aromatic heterocycles. The third kappa shape index (κ3) is 6.03. The summed E-state index contributed by atoms with van der Waals surface area (Å²) in [6.45, 7) is 7.79. The van der Waals surface area contributed by atoms with Crippen LogP contribution in [0.5, 0.6) is 0 Å². The SMILES string of the molecule is Cc1cc(C)c(NC(=O)CN(C)Cc2nc(-c3ccc(N4CCCC4=O)cc3)cs2)c(C)c1.Cl. The van der Waals surface area contributed by atoms with Crippen LogP contribution in [0.4, 0.5) is 11.4 Å². The van der Waals surface area contributed by atoms with Crippen molar-refractivity contribution in [1.82, 2.24) is 9.88 Å². The van der Waals surface area contributed by atoms with Crippen LogP contribution < -0.4 is 10.2 Å². The number of rotatable bonds is 7. The van der Waals surface area contributed by atoms with Crippen molar-refractivity contribution >= 4 is 46.9 Å². The molecule has 1 saturated heterocycles. The van der Waals surface area contributed by atoms with Crippen LogP contribution in [0.1, 0.15) is 34.5 Å². The minimum absolute atomic E-state index is 0. The molecule has 0 spiro atoms. The van der Waals surface area contributed by atoms with E-state index in [0.717, 1.165) is 51.7 Å². The van der Waals surface area contributed by atoms with Gasteiger partial charge in [-0.05, 0) is 57.5 Å². The molecule has 0 atom stereocenters. The highest BCUT2D eigenvalue weighted by molar-refractivity contribution is 7.09. The first-order chi connectivity index (χ1) is 15.8. The Morgan fingerprint density at radius 1 is 1.15 bits per heavy atom. The molecule has 1 fully saturated rings. The van der Waals surface area contributed by atoms with Crippen LogP contribution in [-0.2, 0) is 16.1 Å². The largest absolute Gasteiger partial charge is 0.324 e. The summed E-state index contributed by atoms with van der Waals surface area (Å²) in [5.41, 5.74) is 7.13. The first-order valence-corrected chi connectivity index (χ1v) is 12.1. The monoisotopic (exact) mass is 498 g/mol. The fraction of sp³-hybridized carbons (Fsp3) is 0.346. The van der Waals surface area contributed by atoms with Gasteiger partial charge in [0.25, 0.3) is 0 Å². The lowest BCUT2D eigenvalue weighted by molar-refractivity contribution is -0.117. The highest BCUT2D eigenvalue weighted by atomic mass is 35.5. The molecule has 8 heteroatoms. The molecule has 2 heterocycles. The van der Waals surface area contributed by atoms with Crippen molar-refractivity contribution in [2.75, 3.05) is 30.4 Å². The zero-order valence-electron chi connectivity index (χ0n) is 20.1. The predicted molar refractivity (Wildman–Crippen MR) is 142 cm³/mol. The molecule has 0 unspecified atom stereocenters. The van der Waals surface area contributed by atoms with Gasteiger partial charge in [0.05, 0.1) is 18.8 Å². The van der Waals surface area contributed by atoms with Gasteiger partial charge in [-0.2, -0.15) is 0 Å². The Balaban J connectivity index is 0.00000324. The van der Waals surface area contributed by atoms with E-state index in [-0.39, 0.29) is 24.2 Å². The smallest absolute Gasteiger partial charge is 0.238 e. The Morgan fingerprint density at radius 2 is 1.82 bits per heavy atom. The summed E-state index contributed by atoms with van der Waals surface area (Å²) >= 11 is 1.59. The molecule has 6 nitrogen and oxygen atoms in total. The number of aryl methyl sites for hydroxylation is 3. The topological polar surface area (TPSA) is 65.5 Å². The van der Waals surface area contributed by atoms with Crippen LogP contribution in [0.25, 0.3) is 11.3 Å². The van der Waals surface area contributed by atoms with Gasteiger partial charge in [0.1, 0.15) is 5.01 Å². The Bertz CT molecular complexity index is 1150. The second kappa shape index (κ2) is 11.1. The molecular weight excluding hydrogens is 468 g/mol. The zero-order chi connectivity index (χ0) is 23.5. The molecule has 0 saturated carbocycles. The van der Waals surface area contributed by atoms with Gasteiger partial charge in [0.15, 0.2) is 0 Å². The lowest BCUT2D eigenvalue weighted by Gasteiger charge is -2.17. The number of nitrogens with one attached hydrogen (secondary N) is 1. The Labute approximate surface area is 211 Å². The van der Waals surface area contributed by atoms with E-state index in [1.807, 2.05) is 60.3 Å². The maximum atomic E-state index is 12.6. The van der Waals surface area contributed by atoms with Gasteiger partial charge in [0.2, 0.25) is 11.8 Å². The quantitative estimate of drug-likeness (QED) is 0.476. The third-order valence-electron chi connectivity index (χ3n) is 5.86. The number of aromatic nitrogens is 1. The average Bonchev–Trinajstić information content (AvgIpc) is 3.39. The van der Waals surface area contributed by atoms with Crippen LogP contribution in [0.2, 0.25) is 0 Å². The molecule has 2 amide bonds. The Morgan fingerprint density at radius 3 is 2.44 bits per heavy atom. The standard InChI is InChI=1S/C26H30N4O2S.ClH/c1-17-12-18(2)26(19(3)13-17)28-23(31)14-29(4)15-24-27-22(16-33-24)20-7-9-21(10-8-20)30-11-5-6-25(30)32;/h7-10,12-13,16H,5-6,11,14-15H2,1-4H3,(H,28,31);1H. The van der Waals surface area contributed by atoms with Crippen molar-refractivity contribution < 1.29 is 9.59 Å². The van der Waals surface area contributed by atoms with Gasteiger partial charge in [-0.1, -0.05) is 29.8 Å². The molecule has 2 aromatic carbocycles. The molecule has 0 radical (unpaired) electrons. The molecule has 0 aliphatic carbocycles. The molecule has 3 aromatic rings. The third-order valence-corrected chi connectivity index (χ3v) is 6.69. The molecule has 0 bridgehead atoms. The summed E-state index contributed by atoms with van der Waals surface area (Å²) in [6, 6.07) is 12.2. The van der Waals surface area contributed by atoms with Crippen molar-refractivity contribution in [3.8, 4) is 11.3 Å². The molecule has 1 aliphatic rings. The lowest BCUT2D eigenvalue weighted by Crippen LogP contribution is -2.30. The minimum atomic E-state index is -0.0311. The number of hydrogen-bond acceptors (Lipinski definition) is 5. The molecule has 1 N–H and O–H groups in total. The van der Waals surface area contributed by atoms with Crippen molar-refractivity contribution in [2.45, 2.75) is 40.2 Å². The fourth-order valence-electron chi connectivity index (χ4n) is 4.34. The number of nitrogens with zero attached hydrogens (tertiary/aromatic N) is 3. The molecule has 1 aliphatic heterocycles. The van der Waals surface area contributed by atoms with E-state index < -0.39 is 0 Å². The van der Waals surface area contributed by atoms with Gasteiger partial charge in [0, 0.05) is 35.3 Å². The minimum Gasteiger partial charge on any atom is -0.324 e. The van der Waals surface area contributed by atoms with E-state index in [4.69, 9.17) is 4.98 Å². The van der Waals surface area contributed by atoms with Crippen LogP contribution in [0.15, 0.2) is 41.8 Å². The number of carbonyl (C=O) groups excluding carboxylic acids is 2. The van der Waals surface area contributed by atoms with Gasteiger partial charge >= 0.3 is 0 Å². The van der Waals surface area contributed by atoms with E-state index in [1.165, 1.54) is 5.56 Å². The molecule has 4 rings (SSSR count). The lowest BCUT2D eigenvalue weighted by atomic mass is 10.1. The molecule has 180 valence electrons. The summed E-state index contributed by atoms with van der Waals surface area (Å²) in [5, 5.41) is 6.06. The number of hydrogen-bond donors (Lipinski definition) is 1. The zero-order valence-corrected chi connectivity index (χ0v) is 21.7. The van der Waals surface area contributed by atoms with Crippen LogP contribution in [-0.4, -0.2) is 41.8 Å². The van der Waals surface area contributed by atoms with Crippen LogP contribution in [0.3, 0.4) is 0 Å². The average molecular weight is 499 g/mol. The second-order valence-electron chi connectivity index (χ2n) is 8.82. The van der Waals surface area contributed by atoms with Crippen molar-refractivity contribution in [2.24, 2.45) is 0 Å². The number of thiazole rings is 1. The van der Waals surface area contributed by atoms with Gasteiger partial charge in [-0.15, -0.1) is 23.7 Å². The molecular formula is C26H31ClN4O2S. The van der Waals surface area contributed by atoms with Gasteiger partial charge in [-0.25, -0.2) is 4.98 Å². The Kier molecular flexibility index (Phi) is 8.47. The normalized spacial score (nSPS) is 13.3. The number of benzene rings is 2. The summed E-state index contributed by atoms with van der Waals surface area (Å²) in [7, 11) is 1.93. The van der Waals surface area contributed by atoms with Crippen molar-refractivity contribution in [1.29, 1.82) is 0 Å². The van der Waals surface area contributed by atoms with E-state index in [2.05, 4.69) is 24.4 Å². The second-order valence-corrected chi connectivity index (χ2v) is 9.76. The Hall–Kier alpha value is -2.74. The number of anilines is 2. The number of likely N-dealkylation sites (N-methyl/N-ethyl adjacent to an activating group) is 1. The molecule has 34 heavy (non-hydrogen) atoms. The van der Waals surface area contributed by atoms with Gasteiger partial charge < -0.3 is 10.2 Å². The first kappa shape index (κ1) is 25.9. The number of amides is 2. The maximum absolute atomic E-state index is 12.6. The maximum Gasteiger partial charge on any atom is 0.238 e. The fourth-order valence-corrected chi connectivity index (χ4v) is 5.22. The van der Waals surface area contributed by atoms with Crippen molar-refractivity contribution in [3.05, 3.63) is 63.5 Å². The highest BCUT2D eigenvalue weighted by Crippen LogP contribution is 2.27. The van der Waals surface area contributed by atoms with E-state index in [0.29, 0.717) is 19.5 Å². The van der Waals surface area contributed by atoms with E-state index in [1.54, 1.807) is 11.3 Å². The first-order valence-electron chi connectivity index (χ1n) is 11.2. The van der Waals surface area contributed by atoms with Gasteiger partial charge in [-0.3, -0.25) is 14.5 Å². The summed E-state index contributed by atoms with van der Waals surface area (Å²) in [4.78, 5) is 33.1. The summed E-state index contributed by atoms with van der Waals surface area (Å²) in [5.74, 6) is 0.162. The number of halogens is 1. The highest BCUT2D eigenvalue weighted by Gasteiger charge is 2.21. The van der Waals surface area contributed by atoms with E-state index in [9.17, 15) is 9.59 Å². The van der Waals surface area contributed by atoms with Crippen LogP contribution in [0, 0.1) is 20.8 Å². The predicted octanol–water partition coefficient (Wildman–Crippen LogP) is 5.35. The number of carbonyl (C=O) groups is 2. The van der Waals surface area contributed by atoms with E-state index >= 15 is 0 Å². The summed E-state index contributed by atoms with van der Waals surface area (Å²) in [6.07, 6.45) is 1.55. The summed E-state index contributed by atoms with van der Waals surface area (Å²) < 4.78 is 0. The van der Waals surface area contributed by atoms with Crippen LogP contribution >= 0.6 is 23.7 Å².